The summed E-state index contributed by atoms with van der Waals surface area (Å²) in [6.45, 7) is 13.2. The number of aryl methyl sites for hydroxylation is 1. The van der Waals surface area contributed by atoms with Crippen molar-refractivity contribution >= 4 is 18.4 Å². The van der Waals surface area contributed by atoms with Crippen LogP contribution in [0, 0.1) is 6.92 Å². The molecule has 2 aromatic rings. The Hall–Kier alpha value is -1.63. The maximum Gasteiger partial charge on any atom is 0.297 e. The van der Waals surface area contributed by atoms with Crippen molar-refractivity contribution in [3.8, 4) is 5.75 Å². The number of hydrogen-bond acceptors (Lipinski definition) is 4. The van der Waals surface area contributed by atoms with Crippen molar-refractivity contribution in [3.63, 3.8) is 0 Å². The molecule has 0 amide bonds. The van der Waals surface area contributed by atoms with Gasteiger partial charge in [-0.25, -0.2) is 0 Å². The number of hydrogen-bond donors (Lipinski definition) is 0. The van der Waals surface area contributed by atoms with Crippen molar-refractivity contribution in [2.45, 2.75) is 88.4 Å². The lowest BCUT2D eigenvalue weighted by atomic mass is 9.83. The van der Waals surface area contributed by atoms with Gasteiger partial charge in [-0.15, -0.1) is 0 Å². The molecule has 0 heterocycles. The SMILES string of the molecule is Cc1ccc(S(=O)(=O)O[C@H]2CC[C@H](c3ccc(O[Si](C)(C)C(C)(C)C)cc3)CC2)cc1. The van der Waals surface area contributed by atoms with Gasteiger partial charge in [0.15, 0.2) is 0 Å². The molecule has 0 bridgehead atoms. The minimum atomic E-state index is -3.71. The third-order valence-corrected chi connectivity index (χ3v) is 12.5. The first-order valence-corrected chi connectivity index (χ1v) is 15.5. The van der Waals surface area contributed by atoms with E-state index in [0.717, 1.165) is 37.0 Å². The summed E-state index contributed by atoms with van der Waals surface area (Å²) < 4.78 is 37.0. The molecule has 1 saturated carbocycles. The summed E-state index contributed by atoms with van der Waals surface area (Å²) >= 11 is 0. The van der Waals surface area contributed by atoms with Crippen LogP contribution in [0.2, 0.25) is 18.1 Å². The second-order valence-electron chi connectivity index (χ2n) is 10.3. The molecule has 3 rings (SSSR count). The van der Waals surface area contributed by atoms with Crippen LogP contribution in [0.15, 0.2) is 53.4 Å². The molecule has 4 nitrogen and oxygen atoms in total. The van der Waals surface area contributed by atoms with Crippen molar-refractivity contribution in [2.24, 2.45) is 0 Å². The zero-order valence-electron chi connectivity index (χ0n) is 19.6. The van der Waals surface area contributed by atoms with Gasteiger partial charge in [-0.1, -0.05) is 50.6 Å². The molecule has 0 N–H and O–H groups in total. The highest BCUT2D eigenvalue weighted by Crippen LogP contribution is 2.39. The Kier molecular flexibility index (Phi) is 7.04. The van der Waals surface area contributed by atoms with E-state index in [0.29, 0.717) is 5.92 Å². The van der Waals surface area contributed by atoms with Crippen LogP contribution in [-0.4, -0.2) is 22.8 Å². The van der Waals surface area contributed by atoms with Crippen LogP contribution in [0.25, 0.3) is 0 Å². The molecule has 0 aliphatic heterocycles. The summed E-state index contributed by atoms with van der Waals surface area (Å²) in [4.78, 5) is 0.234. The summed E-state index contributed by atoms with van der Waals surface area (Å²) in [6, 6.07) is 15.3. The highest BCUT2D eigenvalue weighted by atomic mass is 32.2. The zero-order valence-corrected chi connectivity index (χ0v) is 21.5. The molecule has 0 spiro atoms. The lowest BCUT2D eigenvalue weighted by Gasteiger charge is -2.36. The molecule has 6 heteroatoms. The highest BCUT2D eigenvalue weighted by Gasteiger charge is 2.39. The van der Waals surface area contributed by atoms with E-state index in [2.05, 4.69) is 58.1 Å². The molecule has 31 heavy (non-hydrogen) atoms. The lowest BCUT2D eigenvalue weighted by Crippen LogP contribution is -2.43. The lowest BCUT2D eigenvalue weighted by molar-refractivity contribution is 0.153. The molecule has 0 aromatic heterocycles. The second kappa shape index (κ2) is 9.08. The van der Waals surface area contributed by atoms with Crippen molar-refractivity contribution in [3.05, 3.63) is 59.7 Å². The fourth-order valence-corrected chi connectivity index (χ4v) is 5.85. The number of rotatable bonds is 6. The molecule has 0 atom stereocenters. The second-order valence-corrected chi connectivity index (χ2v) is 16.6. The minimum absolute atomic E-state index is 0.170. The predicted molar refractivity (Wildman–Crippen MR) is 129 cm³/mol. The van der Waals surface area contributed by atoms with Gasteiger partial charge in [0.2, 0.25) is 8.32 Å². The maximum absolute atomic E-state index is 12.6. The largest absolute Gasteiger partial charge is 0.544 e. The molecule has 1 aliphatic rings. The summed E-state index contributed by atoms with van der Waals surface area (Å²) in [6.07, 6.45) is 3.10. The predicted octanol–water partition coefficient (Wildman–Crippen LogP) is 6.81. The van der Waals surface area contributed by atoms with Gasteiger partial charge >= 0.3 is 0 Å². The van der Waals surface area contributed by atoms with Gasteiger partial charge in [0, 0.05) is 0 Å². The quantitative estimate of drug-likeness (QED) is 0.351. The molecule has 1 fully saturated rings. The Bertz CT molecular complexity index is 966. The average Bonchev–Trinajstić information content (AvgIpc) is 2.68. The molecular weight excluding hydrogens is 424 g/mol. The molecule has 2 aromatic carbocycles. The van der Waals surface area contributed by atoms with E-state index < -0.39 is 18.4 Å². The van der Waals surface area contributed by atoms with E-state index in [9.17, 15) is 8.42 Å². The molecule has 0 saturated heterocycles. The van der Waals surface area contributed by atoms with Gasteiger partial charge in [-0.3, -0.25) is 4.18 Å². The highest BCUT2D eigenvalue weighted by molar-refractivity contribution is 7.86. The third kappa shape index (κ3) is 5.99. The van der Waals surface area contributed by atoms with E-state index in [1.54, 1.807) is 24.3 Å². The van der Waals surface area contributed by atoms with Crippen molar-refractivity contribution in [2.75, 3.05) is 0 Å². The Morgan fingerprint density at radius 1 is 0.871 bits per heavy atom. The van der Waals surface area contributed by atoms with E-state index in [1.165, 1.54) is 5.56 Å². The monoisotopic (exact) mass is 460 g/mol. The van der Waals surface area contributed by atoms with Crippen LogP contribution in [-0.2, 0) is 14.3 Å². The molecular formula is C25H36O4SSi. The van der Waals surface area contributed by atoms with Crippen LogP contribution < -0.4 is 4.43 Å². The van der Waals surface area contributed by atoms with Gasteiger partial charge in [-0.05, 0) is 86.5 Å². The van der Waals surface area contributed by atoms with Crippen molar-refractivity contribution < 1.29 is 17.0 Å². The van der Waals surface area contributed by atoms with Gasteiger partial charge in [0.1, 0.15) is 5.75 Å². The van der Waals surface area contributed by atoms with E-state index in [-0.39, 0.29) is 16.0 Å². The molecule has 0 radical (unpaired) electrons. The minimum Gasteiger partial charge on any atom is -0.544 e. The number of benzene rings is 2. The van der Waals surface area contributed by atoms with Crippen molar-refractivity contribution in [1.29, 1.82) is 0 Å². The molecule has 170 valence electrons. The van der Waals surface area contributed by atoms with E-state index in [1.807, 2.05) is 6.92 Å². The summed E-state index contributed by atoms with van der Waals surface area (Å²) in [5, 5.41) is 0.170. The van der Waals surface area contributed by atoms with Gasteiger partial charge in [-0.2, -0.15) is 8.42 Å². The van der Waals surface area contributed by atoms with Gasteiger partial charge < -0.3 is 4.43 Å². The Morgan fingerprint density at radius 2 is 1.42 bits per heavy atom. The Morgan fingerprint density at radius 3 is 1.94 bits per heavy atom. The first kappa shape index (κ1) is 24.0. The van der Waals surface area contributed by atoms with E-state index in [4.69, 9.17) is 8.61 Å². The van der Waals surface area contributed by atoms with Crippen LogP contribution in [0.1, 0.15) is 63.5 Å². The molecule has 0 unspecified atom stereocenters. The third-order valence-electron chi connectivity index (χ3n) is 6.78. The Balaban J connectivity index is 1.56. The summed E-state index contributed by atoms with van der Waals surface area (Å²) in [5.41, 5.74) is 2.32. The molecule has 1 aliphatic carbocycles. The fourth-order valence-electron chi connectivity index (χ4n) is 3.69. The van der Waals surface area contributed by atoms with Gasteiger partial charge in [0.05, 0.1) is 11.0 Å². The summed E-state index contributed by atoms with van der Waals surface area (Å²) in [5.74, 6) is 1.38. The van der Waals surface area contributed by atoms with Gasteiger partial charge in [0.25, 0.3) is 10.1 Å². The average molecular weight is 461 g/mol. The van der Waals surface area contributed by atoms with Crippen LogP contribution in [0.3, 0.4) is 0 Å². The van der Waals surface area contributed by atoms with Crippen LogP contribution in [0.5, 0.6) is 5.75 Å². The topological polar surface area (TPSA) is 52.6 Å². The zero-order chi connectivity index (χ0) is 22.9. The van der Waals surface area contributed by atoms with Crippen LogP contribution >= 0.6 is 0 Å². The fraction of sp³-hybridized carbons (Fsp3) is 0.520. The maximum atomic E-state index is 12.6. The first-order chi connectivity index (χ1) is 14.4. The standard InChI is InChI=1S/C25H36O4SSi/c1-19-7-17-24(18-8-19)30(26,27)28-22-13-9-20(10-14-22)21-11-15-23(16-12-21)29-31(5,6)25(2,3)4/h7-8,11-12,15-18,20,22H,9-10,13-14H2,1-6H3/t20-,22-. The normalized spacial score (nSPS) is 20.5. The van der Waals surface area contributed by atoms with Crippen molar-refractivity contribution in [1.82, 2.24) is 0 Å². The van der Waals surface area contributed by atoms with Crippen LogP contribution in [0.4, 0.5) is 0 Å². The smallest absolute Gasteiger partial charge is 0.297 e. The summed E-state index contributed by atoms with van der Waals surface area (Å²) in [7, 11) is -5.55. The first-order valence-electron chi connectivity index (χ1n) is 11.2. The van der Waals surface area contributed by atoms with E-state index >= 15 is 0 Å². The Labute approximate surface area is 189 Å².